The molecule has 0 saturated heterocycles. The highest BCUT2D eigenvalue weighted by atomic mass is 35.5. The van der Waals surface area contributed by atoms with Gasteiger partial charge >= 0.3 is 0 Å². The molecule has 0 unspecified atom stereocenters. The van der Waals surface area contributed by atoms with Crippen LogP contribution in [0.5, 0.6) is 0 Å². The number of aliphatic hydroxyl groups excluding tert-OH is 1. The average molecular weight is 350 g/mol. The predicted molar refractivity (Wildman–Crippen MR) is 81.3 cm³/mol. The molecule has 0 amide bonds. The Morgan fingerprint density at radius 1 is 1.48 bits per heavy atom. The van der Waals surface area contributed by atoms with Gasteiger partial charge in [0.05, 0.1) is 6.61 Å². The third kappa shape index (κ3) is 2.59. The van der Waals surface area contributed by atoms with Crippen molar-refractivity contribution in [2.75, 3.05) is 13.2 Å². The molecule has 6 nitrogen and oxygen atoms in total. The van der Waals surface area contributed by atoms with Crippen molar-refractivity contribution < 1.29 is 13.5 Å². The van der Waals surface area contributed by atoms with E-state index in [1.54, 1.807) is 11.6 Å². The Kier molecular flexibility index (Phi) is 4.24. The monoisotopic (exact) mass is 349 g/mol. The minimum absolute atomic E-state index is 0.000710. The van der Waals surface area contributed by atoms with Gasteiger partial charge in [-0.3, -0.25) is 4.40 Å². The molecule has 21 heavy (non-hydrogen) atoms. The van der Waals surface area contributed by atoms with Gasteiger partial charge in [0.1, 0.15) is 0 Å². The topological polar surface area (TPSA) is 74.9 Å². The molecule has 0 atom stereocenters. The lowest BCUT2D eigenvalue weighted by molar-refractivity contribution is 0.226. The first-order chi connectivity index (χ1) is 10.1. The van der Waals surface area contributed by atoms with E-state index in [1.165, 1.54) is 20.0 Å². The van der Waals surface area contributed by atoms with Crippen LogP contribution in [0.2, 0.25) is 5.15 Å². The summed E-state index contributed by atoms with van der Waals surface area (Å²) in [6.45, 7) is -0.125. The Balaban J connectivity index is 2.08. The number of aromatic nitrogens is 2. The van der Waals surface area contributed by atoms with E-state index in [2.05, 4.69) is 4.98 Å². The molecule has 0 aromatic carbocycles. The molecule has 1 aliphatic carbocycles. The van der Waals surface area contributed by atoms with Gasteiger partial charge in [-0.05, 0) is 12.8 Å². The van der Waals surface area contributed by atoms with Crippen LogP contribution in [0.1, 0.15) is 25.7 Å². The van der Waals surface area contributed by atoms with Gasteiger partial charge in [0.15, 0.2) is 15.1 Å². The van der Waals surface area contributed by atoms with E-state index < -0.39 is 10.0 Å². The molecule has 2 heterocycles. The molecule has 0 aliphatic heterocycles. The first-order valence-electron chi connectivity index (χ1n) is 6.79. The van der Waals surface area contributed by atoms with Crippen LogP contribution in [0.4, 0.5) is 0 Å². The van der Waals surface area contributed by atoms with Crippen molar-refractivity contribution >= 4 is 37.9 Å². The third-order valence-electron chi connectivity index (χ3n) is 3.78. The van der Waals surface area contributed by atoms with Crippen LogP contribution in [0, 0.1) is 0 Å². The maximum Gasteiger partial charge on any atom is 0.262 e. The number of halogens is 1. The molecule has 1 N–H and O–H groups in total. The molecule has 1 saturated carbocycles. The standard InChI is InChI=1S/C12H16ClN3O3S2/c13-10-11(15-6-8-20-12(15)14-10)21(18,19)16(5-7-17)9-3-1-2-4-9/h6,8-9,17H,1-5,7H2. The van der Waals surface area contributed by atoms with E-state index in [0.717, 1.165) is 25.7 Å². The van der Waals surface area contributed by atoms with E-state index in [4.69, 9.17) is 11.6 Å². The van der Waals surface area contributed by atoms with Crippen LogP contribution in [-0.4, -0.2) is 46.4 Å². The summed E-state index contributed by atoms with van der Waals surface area (Å²) in [6.07, 6.45) is 5.31. The highest BCUT2D eigenvalue weighted by Crippen LogP contribution is 2.32. The van der Waals surface area contributed by atoms with E-state index in [1.807, 2.05) is 0 Å². The van der Waals surface area contributed by atoms with Crippen molar-refractivity contribution in [3.63, 3.8) is 0 Å². The molecular weight excluding hydrogens is 334 g/mol. The lowest BCUT2D eigenvalue weighted by Gasteiger charge is -2.26. The molecule has 2 aromatic heterocycles. The predicted octanol–water partition coefficient (Wildman–Crippen LogP) is 1.97. The zero-order valence-electron chi connectivity index (χ0n) is 11.3. The Labute approximate surface area is 132 Å². The Morgan fingerprint density at radius 2 is 2.19 bits per heavy atom. The maximum atomic E-state index is 13.0. The van der Waals surface area contributed by atoms with Crippen molar-refractivity contribution in [3.8, 4) is 0 Å². The number of hydrogen-bond donors (Lipinski definition) is 1. The highest BCUT2D eigenvalue weighted by molar-refractivity contribution is 7.89. The van der Waals surface area contributed by atoms with Crippen LogP contribution < -0.4 is 0 Å². The zero-order chi connectivity index (χ0) is 15.0. The molecule has 0 spiro atoms. The summed E-state index contributed by atoms with van der Waals surface area (Å²) < 4.78 is 28.8. The number of nitrogens with zero attached hydrogens (tertiary/aromatic N) is 3. The van der Waals surface area contributed by atoms with Crippen LogP contribution in [0.3, 0.4) is 0 Å². The number of sulfonamides is 1. The summed E-state index contributed by atoms with van der Waals surface area (Å²) in [6, 6.07) is -0.0672. The molecule has 3 rings (SSSR count). The summed E-state index contributed by atoms with van der Waals surface area (Å²) in [5, 5.41) is 11.0. The van der Waals surface area contributed by atoms with Crippen LogP contribution in [0.25, 0.3) is 4.96 Å². The minimum Gasteiger partial charge on any atom is -0.395 e. The van der Waals surface area contributed by atoms with E-state index >= 15 is 0 Å². The Morgan fingerprint density at radius 3 is 2.86 bits per heavy atom. The number of aliphatic hydroxyl groups is 1. The number of fused-ring (bicyclic) bond motifs is 1. The lowest BCUT2D eigenvalue weighted by Crippen LogP contribution is -2.41. The molecule has 2 aromatic rings. The van der Waals surface area contributed by atoms with Gasteiger partial charge in [-0.1, -0.05) is 24.4 Å². The lowest BCUT2D eigenvalue weighted by atomic mass is 10.2. The second-order valence-corrected chi connectivity index (χ2v) is 8.08. The summed E-state index contributed by atoms with van der Waals surface area (Å²) in [4.78, 5) is 4.64. The summed E-state index contributed by atoms with van der Waals surface area (Å²) in [5.41, 5.74) is 0. The molecule has 1 aliphatic rings. The number of imidazole rings is 1. The average Bonchev–Trinajstić information content (AvgIpc) is 3.11. The van der Waals surface area contributed by atoms with Gasteiger partial charge in [-0.15, -0.1) is 11.3 Å². The fraction of sp³-hybridized carbons (Fsp3) is 0.583. The molecular formula is C12H16ClN3O3S2. The smallest absolute Gasteiger partial charge is 0.262 e. The fourth-order valence-electron chi connectivity index (χ4n) is 2.87. The molecule has 0 bridgehead atoms. The largest absolute Gasteiger partial charge is 0.395 e. The van der Waals surface area contributed by atoms with Gasteiger partial charge in [-0.25, -0.2) is 13.4 Å². The van der Waals surface area contributed by atoms with E-state index in [9.17, 15) is 13.5 Å². The van der Waals surface area contributed by atoms with Gasteiger partial charge in [-0.2, -0.15) is 4.31 Å². The van der Waals surface area contributed by atoms with Gasteiger partial charge in [0.2, 0.25) is 0 Å². The number of hydrogen-bond acceptors (Lipinski definition) is 5. The minimum atomic E-state index is -3.78. The van der Waals surface area contributed by atoms with Crippen LogP contribution in [0.15, 0.2) is 16.6 Å². The van der Waals surface area contributed by atoms with E-state index in [-0.39, 0.29) is 29.4 Å². The number of thiazole rings is 1. The Bertz CT molecular complexity index is 734. The van der Waals surface area contributed by atoms with Crippen LogP contribution >= 0.6 is 22.9 Å². The second-order valence-electron chi connectivity index (χ2n) is 5.04. The highest BCUT2D eigenvalue weighted by Gasteiger charge is 2.36. The molecule has 9 heteroatoms. The first kappa shape index (κ1) is 15.2. The van der Waals surface area contributed by atoms with Crippen molar-refractivity contribution in [1.82, 2.24) is 13.7 Å². The molecule has 116 valence electrons. The van der Waals surface area contributed by atoms with E-state index in [0.29, 0.717) is 4.96 Å². The Hall–Kier alpha value is -0.670. The van der Waals surface area contributed by atoms with Crippen molar-refractivity contribution in [3.05, 3.63) is 16.7 Å². The maximum absolute atomic E-state index is 13.0. The third-order valence-corrected chi connectivity index (χ3v) is 6.89. The summed E-state index contributed by atoms with van der Waals surface area (Å²) >= 11 is 7.38. The summed E-state index contributed by atoms with van der Waals surface area (Å²) in [7, 11) is -3.78. The molecule has 0 radical (unpaired) electrons. The van der Waals surface area contributed by atoms with Crippen molar-refractivity contribution in [1.29, 1.82) is 0 Å². The van der Waals surface area contributed by atoms with Gasteiger partial charge < -0.3 is 5.11 Å². The zero-order valence-corrected chi connectivity index (χ0v) is 13.7. The van der Waals surface area contributed by atoms with Crippen LogP contribution in [-0.2, 0) is 10.0 Å². The first-order valence-corrected chi connectivity index (χ1v) is 9.49. The normalized spacial score (nSPS) is 17.3. The van der Waals surface area contributed by atoms with Gasteiger partial charge in [0, 0.05) is 24.2 Å². The second kappa shape index (κ2) is 5.85. The quantitative estimate of drug-likeness (QED) is 0.895. The fourth-order valence-corrected chi connectivity index (χ4v) is 5.96. The van der Waals surface area contributed by atoms with Gasteiger partial charge in [0.25, 0.3) is 10.0 Å². The molecule has 1 fully saturated rings. The summed E-state index contributed by atoms with van der Waals surface area (Å²) in [5.74, 6) is 0. The SMILES string of the molecule is O=S(=O)(c1c(Cl)nc2sccn12)N(CCO)C1CCCC1. The van der Waals surface area contributed by atoms with Crippen molar-refractivity contribution in [2.24, 2.45) is 0 Å². The van der Waals surface area contributed by atoms with Crippen molar-refractivity contribution in [2.45, 2.75) is 36.8 Å². The number of rotatable bonds is 5.